The van der Waals surface area contributed by atoms with Gasteiger partial charge in [0.25, 0.3) is 0 Å². The summed E-state index contributed by atoms with van der Waals surface area (Å²) in [4.78, 5) is 11.7. The van der Waals surface area contributed by atoms with Crippen molar-refractivity contribution in [1.82, 2.24) is 0 Å². The highest BCUT2D eigenvalue weighted by Gasteiger charge is 2.15. The molecule has 0 atom stereocenters. The molecule has 0 spiro atoms. The standard InChI is InChI=1S/C11H11Cl3O2/c1-16-9-5-4-7(10(13)11(9)14)8(15)3-2-6-12/h4-5H,2-3,6H2,1H3. The van der Waals surface area contributed by atoms with Gasteiger partial charge in [0.15, 0.2) is 5.78 Å². The molecule has 1 aromatic rings. The maximum Gasteiger partial charge on any atom is 0.164 e. The minimum Gasteiger partial charge on any atom is -0.495 e. The van der Waals surface area contributed by atoms with Gasteiger partial charge in [0, 0.05) is 17.9 Å². The summed E-state index contributed by atoms with van der Waals surface area (Å²) in [6, 6.07) is 3.24. The van der Waals surface area contributed by atoms with E-state index in [0.717, 1.165) is 0 Å². The predicted octanol–water partition coefficient (Wildman–Crippen LogP) is 4.20. The van der Waals surface area contributed by atoms with E-state index in [1.54, 1.807) is 12.1 Å². The molecular weight excluding hydrogens is 270 g/mol. The molecule has 5 heteroatoms. The summed E-state index contributed by atoms with van der Waals surface area (Å²) in [6.45, 7) is 0. The number of ketones is 1. The SMILES string of the molecule is COc1ccc(C(=O)CCCCl)c(Cl)c1Cl. The molecule has 88 valence electrons. The lowest BCUT2D eigenvalue weighted by atomic mass is 10.1. The van der Waals surface area contributed by atoms with Gasteiger partial charge in [-0.3, -0.25) is 4.79 Å². The Balaban J connectivity index is 2.98. The van der Waals surface area contributed by atoms with Crippen molar-refractivity contribution in [2.75, 3.05) is 13.0 Å². The van der Waals surface area contributed by atoms with Gasteiger partial charge in [0.1, 0.15) is 10.8 Å². The van der Waals surface area contributed by atoms with Crippen molar-refractivity contribution >= 4 is 40.6 Å². The summed E-state index contributed by atoms with van der Waals surface area (Å²) in [7, 11) is 1.49. The zero-order valence-electron chi connectivity index (χ0n) is 8.73. The molecule has 0 aliphatic carbocycles. The van der Waals surface area contributed by atoms with E-state index in [0.29, 0.717) is 30.0 Å². The summed E-state index contributed by atoms with van der Waals surface area (Å²) in [6.07, 6.45) is 0.992. The first-order chi connectivity index (χ1) is 7.61. The van der Waals surface area contributed by atoms with Crippen molar-refractivity contribution in [3.63, 3.8) is 0 Å². The molecule has 0 aromatic heterocycles. The molecule has 1 aromatic carbocycles. The molecule has 0 saturated carbocycles. The van der Waals surface area contributed by atoms with Crippen molar-refractivity contribution in [2.45, 2.75) is 12.8 Å². The van der Waals surface area contributed by atoms with Gasteiger partial charge in [-0.05, 0) is 18.6 Å². The third kappa shape index (κ3) is 3.03. The average molecular weight is 282 g/mol. The third-order valence-electron chi connectivity index (χ3n) is 2.10. The van der Waals surface area contributed by atoms with E-state index in [9.17, 15) is 4.79 Å². The Hall–Kier alpha value is -0.440. The van der Waals surface area contributed by atoms with Gasteiger partial charge in [-0.2, -0.15) is 0 Å². The monoisotopic (exact) mass is 280 g/mol. The fraction of sp³-hybridized carbons (Fsp3) is 0.364. The molecule has 0 radical (unpaired) electrons. The molecule has 0 aliphatic rings. The number of methoxy groups -OCH3 is 1. The van der Waals surface area contributed by atoms with Crippen LogP contribution in [0.5, 0.6) is 5.75 Å². The Morgan fingerprint density at radius 2 is 2.00 bits per heavy atom. The molecule has 0 saturated heterocycles. The second kappa shape index (κ2) is 6.33. The molecule has 0 heterocycles. The first kappa shape index (κ1) is 13.6. The van der Waals surface area contributed by atoms with Crippen LogP contribution in [0.2, 0.25) is 10.0 Å². The summed E-state index contributed by atoms with van der Waals surface area (Å²) in [5.41, 5.74) is 0.414. The van der Waals surface area contributed by atoms with E-state index in [2.05, 4.69) is 0 Å². The fourth-order valence-corrected chi connectivity index (χ4v) is 1.90. The highest BCUT2D eigenvalue weighted by Crippen LogP contribution is 2.35. The highest BCUT2D eigenvalue weighted by molar-refractivity contribution is 6.44. The highest BCUT2D eigenvalue weighted by atomic mass is 35.5. The fourth-order valence-electron chi connectivity index (χ4n) is 1.27. The van der Waals surface area contributed by atoms with Crippen molar-refractivity contribution in [3.8, 4) is 5.75 Å². The third-order valence-corrected chi connectivity index (χ3v) is 3.24. The molecule has 0 unspecified atom stereocenters. The van der Waals surface area contributed by atoms with E-state index in [1.165, 1.54) is 7.11 Å². The number of hydrogen-bond donors (Lipinski definition) is 0. The number of ether oxygens (including phenoxy) is 1. The number of carbonyl (C=O) groups excluding carboxylic acids is 1. The number of halogens is 3. The zero-order valence-corrected chi connectivity index (χ0v) is 11.0. The number of alkyl halides is 1. The number of Topliss-reactive ketones (excluding diaryl/α,β-unsaturated/α-hetero) is 1. The number of carbonyl (C=O) groups is 1. The number of hydrogen-bond acceptors (Lipinski definition) is 2. The minimum atomic E-state index is -0.0600. The van der Waals surface area contributed by atoms with Crippen molar-refractivity contribution in [3.05, 3.63) is 27.7 Å². The van der Waals surface area contributed by atoms with Gasteiger partial charge in [0.2, 0.25) is 0 Å². The van der Waals surface area contributed by atoms with Crippen LogP contribution in [0, 0.1) is 0 Å². The molecule has 16 heavy (non-hydrogen) atoms. The van der Waals surface area contributed by atoms with Crippen LogP contribution in [0.15, 0.2) is 12.1 Å². The Kier molecular flexibility index (Phi) is 5.39. The largest absolute Gasteiger partial charge is 0.495 e. The summed E-state index contributed by atoms with van der Waals surface area (Å²) < 4.78 is 4.99. The van der Waals surface area contributed by atoms with Gasteiger partial charge in [0.05, 0.1) is 12.1 Å². The summed E-state index contributed by atoms with van der Waals surface area (Å²) >= 11 is 17.4. The van der Waals surface area contributed by atoms with E-state index in [-0.39, 0.29) is 15.8 Å². The van der Waals surface area contributed by atoms with Crippen LogP contribution in [0.1, 0.15) is 23.2 Å². The normalized spacial score (nSPS) is 10.2. The molecule has 0 aliphatic heterocycles. The molecule has 0 fully saturated rings. The smallest absolute Gasteiger partial charge is 0.164 e. The first-order valence-corrected chi connectivity index (χ1v) is 6.02. The maximum atomic E-state index is 11.7. The van der Waals surface area contributed by atoms with Crippen LogP contribution in [0.3, 0.4) is 0 Å². The van der Waals surface area contributed by atoms with Gasteiger partial charge >= 0.3 is 0 Å². The van der Waals surface area contributed by atoms with Crippen molar-refractivity contribution < 1.29 is 9.53 Å². The Morgan fingerprint density at radius 3 is 2.56 bits per heavy atom. The van der Waals surface area contributed by atoms with E-state index in [1.807, 2.05) is 0 Å². The first-order valence-electron chi connectivity index (χ1n) is 4.73. The second-order valence-electron chi connectivity index (χ2n) is 3.16. The van der Waals surface area contributed by atoms with Gasteiger partial charge in [-0.1, -0.05) is 23.2 Å². The molecule has 0 N–H and O–H groups in total. The van der Waals surface area contributed by atoms with Crippen LogP contribution in [-0.4, -0.2) is 18.8 Å². The average Bonchev–Trinajstić information content (AvgIpc) is 2.29. The van der Waals surface area contributed by atoms with Crippen LogP contribution < -0.4 is 4.74 Å². The van der Waals surface area contributed by atoms with Crippen molar-refractivity contribution in [1.29, 1.82) is 0 Å². The van der Waals surface area contributed by atoms with E-state index in [4.69, 9.17) is 39.5 Å². The van der Waals surface area contributed by atoms with Gasteiger partial charge in [-0.25, -0.2) is 0 Å². The molecule has 0 amide bonds. The Labute approximate surface area is 109 Å². The second-order valence-corrected chi connectivity index (χ2v) is 4.29. The topological polar surface area (TPSA) is 26.3 Å². The van der Waals surface area contributed by atoms with Gasteiger partial charge < -0.3 is 4.74 Å². The Morgan fingerprint density at radius 1 is 1.31 bits per heavy atom. The van der Waals surface area contributed by atoms with Gasteiger partial charge in [-0.15, -0.1) is 11.6 Å². The number of rotatable bonds is 5. The predicted molar refractivity (Wildman–Crippen MR) is 67.3 cm³/mol. The van der Waals surface area contributed by atoms with E-state index >= 15 is 0 Å². The van der Waals surface area contributed by atoms with Crippen LogP contribution >= 0.6 is 34.8 Å². The molecule has 1 rings (SSSR count). The Bertz CT molecular complexity index is 391. The molecule has 2 nitrogen and oxygen atoms in total. The van der Waals surface area contributed by atoms with Crippen molar-refractivity contribution in [2.24, 2.45) is 0 Å². The summed E-state index contributed by atoms with van der Waals surface area (Å²) in [5.74, 6) is 0.850. The lowest BCUT2D eigenvalue weighted by Crippen LogP contribution is -2.01. The van der Waals surface area contributed by atoms with E-state index < -0.39 is 0 Å². The summed E-state index contributed by atoms with van der Waals surface area (Å²) in [5, 5.41) is 0.501. The zero-order chi connectivity index (χ0) is 12.1. The maximum absolute atomic E-state index is 11.7. The lowest BCUT2D eigenvalue weighted by Gasteiger charge is -2.08. The number of benzene rings is 1. The van der Waals surface area contributed by atoms with Crippen LogP contribution in [-0.2, 0) is 0 Å². The molecular formula is C11H11Cl3O2. The van der Waals surface area contributed by atoms with Crippen LogP contribution in [0.25, 0.3) is 0 Å². The minimum absolute atomic E-state index is 0.0600. The lowest BCUT2D eigenvalue weighted by molar-refractivity contribution is 0.0982. The van der Waals surface area contributed by atoms with Crippen LogP contribution in [0.4, 0.5) is 0 Å². The molecule has 0 bridgehead atoms. The quantitative estimate of drug-likeness (QED) is 0.597.